The van der Waals surface area contributed by atoms with Crippen LogP contribution in [0.1, 0.15) is 0 Å². The molecule has 0 saturated heterocycles. The molecule has 0 spiro atoms. The maximum absolute atomic E-state index is 6.23. The molecule has 0 aliphatic rings. The molecule has 100 heavy (non-hydrogen) atoms. The van der Waals surface area contributed by atoms with Gasteiger partial charge in [0.05, 0.1) is 0 Å². The van der Waals surface area contributed by atoms with Gasteiger partial charge in [0.2, 0.25) is 0 Å². The van der Waals surface area contributed by atoms with Gasteiger partial charge in [-0.15, -0.1) is 0 Å². The first kappa shape index (κ1) is 127. The highest BCUT2D eigenvalue weighted by Gasteiger charge is 2.50. The largest absolute Gasteiger partial charge is 0.0948 e. The van der Waals surface area contributed by atoms with Gasteiger partial charge in [-0.2, -0.15) is 0 Å². The van der Waals surface area contributed by atoms with Crippen molar-refractivity contribution in [1.82, 2.24) is 0 Å². The van der Waals surface area contributed by atoms with Crippen molar-refractivity contribution < 1.29 is 0 Å². The van der Waals surface area contributed by atoms with Crippen LogP contribution in [0, 0.1) is 0 Å². The van der Waals surface area contributed by atoms with Crippen LogP contribution in [0.3, 0.4) is 0 Å². The van der Waals surface area contributed by atoms with Gasteiger partial charge in [0.25, 0.3) is 0 Å². The van der Waals surface area contributed by atoms with E-state index < -0.39 is 172 Å². The molecule has 0 N–H and O–H groups in total. The predicted molar refractivity (Wildman–Crippen MR) is 745 cm³/mol. The zero-order valence-corrected chi connectivity index (χ0v) is 124. The zero-order valence-electron chi connectivity index (χ0n) is 40.8. The highest BCUT2D eigenvalue weighted by molar-refractivity contribution is 14.2. The molecule has 100 heteroatoms. The van der Waals surface area contributed by atoms with Crippen molar-refractivity contribution in [1.29, 1.82) is 0 Å². The molecule has 0 aliphatic carbocycles. The molecule has 602 valence electrons. The van der Waals surface area contributed by atoms with Crippen molar-refractivity contribution in [2.45, 2.75) is 0 Å². The third kappa shape index (κ3) is 19.7. The van der Waals surface area contributed by atoms with E-state index in [0.29, 0.717) is 0 Å². The number of halogens is 1. The van der Waals surface area contributed by atoms with Crippen molar-refractivity contribution in [2.24, 2.45) is 0 Å². The van der Waals surface area contributed by atoms with Gasteiger partial charge in [-0.3, -0.25) is 0 Å². The molecule has 0 aromatic carbocycles. The lowest BCUT2D eigenvalue weighted by Crippen LogP contribution is -2.41. The van der Waals surface area contributed by atoms with Gasteiger partial charge in [0.15, 0.2) is 0 Å². The molecular weight excluding hydrogens is 3300 g/mol. The molecule has 0 heterocycles. The average molecular weight is 3300 g/mol. The lowest BCUT2D eigenvalue weighted by Gasteiger charge is -2.37. The van der Waals surface area contributed by atoms with Gasteiger partial charge in [-0.05, 0) is 727 Å². The Morgan fingerprint density at radius 2 is 0.190 bits per heavy atom. The summed E-state index contributed by atoms with van der Waals surface area (Å²) in [7, 11) is -1.49. The molecule has 1 unspecified atom stereocenters. The number of rotatable bonds is 32. The van der Waals surface area contributed by atoms with Crippen molar-refractivity contribution in [3.05, 3.63) is 0 Å². The van der Waals surface area contributed by atoms with Crippen molar-refractivity contribution in [3.8, 4) is 0 Å². The maximum Gasteiger partial charge on any atom is 0.0451 e. The standard InChI is InChI=1S/HIS99/c1-69(4,5)71(8,9)73(12,13)75(16,17)77(20,21)79(24,25)81(28,29)83(32,33)85(36,37)87(40,41)89(44,45)91(48,49)93(52,53)95(56,57)97(60,61)99(64,65)100(66,67)98(62,63)96(58,59)94(54,55)92(50,51)90(46,47)88(42,43)86(38,39)84(34,35)82(30,31)80(26,27)78(22,23)76(18,19)74(14,15)72(10,11)70(6,7)68(2)3/h(H,2,3). The van der Waals surface area contributed by atoms with E-state index in [2.05, 4.69) is 11.7 Å². The lowest BCUT2D eigenvalue weighted by atomic mass is 29.7. The minimum atomic E-state index is -4.21. The van der Waals surface area contributed by atoms with E-state index in [1.807, 2.05) is 0 Å². The zero-order chi connectivity index (χ0) is 83.6. The summed E-state index contributed by atoms with van der Waals surface area (Å²) >= 11 is 401. The van der Waals surface area contributed by atoms with Crippen molar-refractivity contribution in [2.75, 3.05) is 0 Å². The second kappa shape index (κ2) is 39.9. The number of hydrogen-bond acceptors (Lipinski definition) is 65. The summed E-state index contributed by atoms with van der Waals surface area (Å²) in [5.74, 6) is 0. The summed E-state index contributed by atoms with van der Waals surface area (Å²) in [6, 6.07) is 0. The quantitative estimate of drug-likeness (QED) is 0.0442. The Morgan fingerprint density at radius 1 is 0.130 bits per heavy atom. The van der Waals surface area contributed by atoms with Crippen LogP contribution < -0.4 is 0 Å². The minimum absolute atomic E-state index is 1.49. The molecule has 0 nitrogen and oxygen atoms in total. The second-order valence-electron chi connectivity index (χ2n) is 13.3. The summed E-state index contributed by atoms with van der Waals surface area (Å²) in [6.45, 7) is 0. The van der Waals surface area contributed by atoms with Crippen LogP contribution in [0.15, 0.2) is 0 Å². The first-order valence-corrected chi connectivity index (χ1v) is 150. The molecule has 0 aliphatic heterocycles. The molecule has 0 aromatic rings. The van der Waals surface area contributed by atoms with Crippen LogP contribution in [0.5, 0.6) is 0 Å². The molecule has 0 saturated carbocycles. The second-order valence-corrected chi connectivity index (χ2v) is 364. The Bertz CT molecular complexity index is 7850. The van der Waals surface area contributed by atoms with E-state index in [1.165, 1.54) is 0 Å². The Balaban J connectivity index is 8.84. The van der Waals surface area contributed by atoms with E-state index in [1.54, 1.807) is 21.2 Å². The summed E-state index contributed by atoms with van der Waals surface area (Å²) in [4.78, 5) is 0. The molecule has 0 amide bonds. The van der Waals surface area contributed by atoms with E-state index in [0.717, 1.165) is 0 Å². The van der Waals surface area contributed by atoms with Gasteiger partial charge < -0.3 is 0 Å². The fourth-order valence-corrected chi connectivity index (χ4v) is 770. The van der Waals surface area contributed by atoms with E-state index in [4.69, 9.17) is 727 Å². The van der Waals surface area contributed by atoms with Crippen molar-refractivity contribution in [3.63, 3.8) is 0 Å². The Labute approximate surface area is 903 Å². The monoisotopic (exact) mass is 3290 g/mol. The van der Waals surface area contributed by atoms with Crippen LogP contribution in [0.25, 0.3) is 0 Å². The first-order chi connectivity index (χ1) is 41.7. The molecule has 0 aromatic heterocycles. The van der Waals surface area contributed by atoms with Gasteiger partial charge in [0.1, 0.15) is 0 Å². The number of thiol groups is 1. The van der Waals surface area contributed by atoms with Gasteiger partial charge in [0, 0.05) is 194 Å². The Kier molecular flexibility index (Phi) is 50.7. The first-order valence-electron chi connectivity index (χ1n) is 16.5. The van der Waals surface area contributed by atoms with Gasteiger partial charge >= 0.3 is 0 Å². The number of hydrogen-bond donors (Lipinski definition) is 1. The van der Waals surface area contributed by atoms with E-state index >= 15 is 0 Å². The lowest BCUT2D eigenvalue weighted by molar-refractivity contribution is 4.96. The van der Waals surface area contributed by atoms with Gasteiger partial charge in [-0.25, -0.2) is 0 Å². The Hall–Kier alpha value is 26.9. The van der Waals surface area contributed by atoms with Crippen LogP contribution in [0.2, 0.25) is 0 Å². The van der Waals surface area contributed by atoms with E-state index in [-0.39, 0.29) is 0 Å². The van der Waals surface area contributed by atoms with Crippen LogP contribution in [-0.2, 0) is 900 Å². The molecule has 0 radical (unpaired) electrons. The minimum Gasteiger partial charge on any atom is -0.0948 e. The normalized spacial score (nSPS) is 17.3. The Morgan fingerprint density at radius 3 is 0.250 bits per heavy atom. The van der Waals surface area contributed by atoms with Gasteiger partial charge in [-0.1, -0.05) is 11.7 Å². The smallest absolute Gasteiger partial charge is 0.0451 e. The average Bonchev–Trinajstić information content (AvgIpc) is 0.679. The summed E-state index contributed by atoms with van der Waals surface area (Å²) in [6.07, 6.45) is 0. The van der Waals surface area contributed by atoms with Crippen molar-refractivity contribution >= 4 is 932 Å². The summed E-state index contributed by atoms with van der Waals surface area (Å²) in [5, 5.41) is -123. The topological polar surface area (TPSA) is 0 Å². The predicted octanol–water partition coefficient (Wildman–Crippen LogP) is 1.03. The fraction of sp³-hybridized carbons (Fsp3) is 0. The highest BCUT2D eigenvalue weighted by atomic mass is 127. The van der Waals surface area contributed by atoms with Crippen LogP contribution in [0.4, 0.5) is 0 Å². The summed E-state index contributed by atoms with van der Waals surface area (Å²) < 4.78 is -2.77. The molecule has 0 bridgehead atoms. The maximum atomic E-state index is 6.23. The highest BCUT2D eigenvalue weighted by Crippen LogP contribution is 2.47. The molecular formula is HIS99. The molecule has 0 rings (SSSR count). The van der Waals surface area contributed by atoms with Crippen LogP contribution >= 0.6 is 32.9 Å². The summed E-state index contributed by atoms with van der Waals surface area (Å²) in [5.41, 5.74) is 0. The van der Waals surface area contributed by atoms with Crippen LogP contribution in [-0.4, -0.2) is 0 Å². The third-order valence-corrected chi connectivity index (χ3v) is 649. The third-order valence-electron chi connectivity index (χ3n) is 7.92. The molecule has 1 atom stereocenters. The molecule has 0 fully saturated rings. The van der Waals surface area contributed by atoms with E-state index in [9.17, 15) is 0 Å². The fourth-order valence-electron chi connectivity index (χ4n) is 3.13. The SMILES string of the molecule is S=S(S)S(=S)(=S)S(=S)(=S)S(=S)(=S)S(=S)(=S)S(=S)(=S)S(=S)(=S)S(=S)(=S)S(=S)(=S)S(=S)(=S)S(=S)(=S)S(=S)(=S)S(=S)(=S)S(=S)(=S)S(=S)(=S)S(=S)(=S)S(=S)(=S)S(=S)(=S)S(=S)(=S)S(=S)(=S)S(=S)(=S)S(=S)(=S)S(=S)(=S)S(=S)(=S)S(=S)(=S)S(=S)(=S)S(=S)(=S)S(=S)(=S)S(=S)(=S)S(=S)(=S)S(=S)(=S)S(=S)(=S)S(=S)(=S)I.